The summed E-state index contributed by atoms with van der Waals surface area (Å²) in [7, 11) is 0. The normalized spacial score (nSPS) is 21.0. The Labute approximate surface area is 154 Å². The van der Waals surface area contributed by atoms with Crippen molar-refractivity contribution in [2.24, 2.45) is 11.7 Å². The average molecular weight is 363 g/mol. The molecule has 1 amide bonds. The predicted octanol–water partition coefficient (Wildman–Crippen LogP) is 3.97. The van der Waals surface area contributed by atoms with Crippen molar-refractivity contribution in [3.8, 4) is 0 Å². The fourth-order valence-electron chi connectivity index (χ4n) is 3.39. The highest BCUT2D eigenvalue weighted by molar-refractivity contribution is 5.85. The standard InChI is InChI=1S/C20H23FN2O.ClH/c21-17-11-9-15(10-12-17)19(14-5-2-1-3-6-14)23-20(24)16-7-4-8-18(22)13-16;/h1-3,5-6,9-12,16,18-19H,4,7-8,13,22H2,(H,23,24);1H. The van der Waals surface area contributed by atoms with Crippen molar-refractivity contribution in [1.29, 1.82) is 0 Å². The lowest BCUT2D eigenvalue weighted by atomic mass is 9.85. The summed E-state index contributed by atoms with van der Waals surface area (Å²) in [6.45, 7) is 0. The summed E-state index contributed by atoms with van der Waals surface area (Å²) in [5.74, 6) is -0.293. The Morgan fingerprint density at radius 1 is 1.04 bits per heavy atom. The van der Waals surface area contributed by atoms with Crippen LogP contribution in [0.25, 0.3) is 0 Å². The van der Waals surface area contributed by atoms with Crippen LogP contribution in [0.4, 0.5) is 4.39 Å². The SMILES string of the molecule is Cl.NC1CCCC(C(=O)NC(c2ccccc2)c2ccc(F)cc2)C1. The van der Waals surface area contributed by atoms with E-state index in [0.717, 1.165) is 36.8 Å². The third kappa shape index (κ3) is 5.03. The molecule has 1 aliphatic rings. The number of carbonyl (C=O) groups is 1. The molecule has 5 heteroatoms. The predicted molar refractivity (Wildman–Crippen MR) is 100 cm³/mol. The molecule has 3 atom stereocenters. The Hall–Kier alpha value is -1.91. The highest BCUT2D eigenvalue weighted by atomic mass is 35.5. The van der Waals surface area contributed by atoms with Crippen LogP contribution in [0.3, 0.4) is 0 Å². The second kappa shape index (κ2) is 8.97. The summed E-state index contributed by atoms with van der Waals surface area (Å²) in [5, 5.41) is 3.14. The van der Waals surface area contributed by atoms with Gasteiger partial charge in [0.15, 0.2) is 0 Å². The molecule has 0 aromatic heterocycles. The molecule has 1 fully saturated rings. The fraction of sp³-hybridized carbons (Fsp3) is 0.350. The molecule has 0 saturated heterocycles. The topological polar surface area (TPSA) is 55.1 Å². The molecule has 0 radical (unpaired) electrons. The average Bonchev–Trinajstić information content (AvgIpc) is 2.61. The number of amides is 1. The summed E-state index contributed by atoms with van der Waals surface area (Å²) in [6.07, 6.45) is 3.59. The molecule has 25 heavy (non-hydrogen) atoms. The minimum Gasteiger partial charge on any atom is -0.345 e. The van der Waals surface area contributed by atoms with E-state index in [0.29, 0.717) is 0 Å². The van der Waals surface area contributed by atoms with Gasteiger partial charge < -0.3 is 11.1 Å². The van der Waals surface area contributed by atoms with Crippen LogP contribution in [0.5, 0.6) is 0 Å². The lowest BCUT2D eigenvalue weighted by molar-refractivity contribution is -0.126. The van der Waals surface area contributed by atoms with E-state index in [1.807, 2.05) is 30.3 Å². The first kappa shape index (κ1) is 19.4. The van der Waals surface area contributed by atoms with Crippen LogP contribution in [0.1, 0.15) is 42.9 Å². The number of hydrogen-bond donors (Lipinski definition) is 2. The molecule has 3 N–H and O–H groups in total. The van der Waals surface area contributed by atoms with Crippen molar-refractivity contribution >= 4 is 18.3 Å². The molecule has 2 aromatic carbocycles. The molecular weight excluding hydrogens is 339 g/mol. The number of halogens is 2. The van der Waals surface area contributed by atoms with E-state index >= 15 is 0 Å². The first-order valence-corrected chi connectivity index (χ1v) is 8.50. The van der Waals surface area contributed by atoms with Crippen LogP contribution >= 0.6 is 12.4 Å². The minimum atomic E-state index is -0.282. The monoisotopic (exact) mass is 362 g/mol. The molecular formula is C20H24ClFN2O. The van der Waals surface area contributed by atoms with Crippen molar-refractivity contribution in [2.45, 2.75) is 37.8 Å². The first-order chi connectivity index (χ1) is 11.6. The van der Waals surface area contributed by atoms with Crippen LogP contribution in [0, 0.1) is 11.7 Å². The van der Waals surface area contributed by atoms with Crippen LogP contribution in [0.15, 0.2) is 54.6 Å². The molecule has 1 saturated carbocycles. The van der Waals surface area contributed by atoms with Gasteiger partial charge in [0.05, 0.1) is 6.04 Å². The van der Waals surface area contributed by atoms with Gasteiger partial charge in [-0.25, -0.2) is 4.39 Å². The van der Waals surface area contributed by atoms with E-state index in [4.69, 9.17) is 5.73 Å². The molecule has 3 unspecified atom stereocenters. The van der Waals surface area contributed by atoms with E-state index in [-0.39, 0.29) is 42.1 Å². The molecule has 3 nitrogen and oxygen atoms in total. The second-order valence-corrected chi connectivity index (χ2v) is 6.53. The summed E-state index contributed by atoms with van der Waals surface area (Å²) in [6, 6.07) is 15.9. The smallest absolute Gasteiger partial charge is 0.223 e. The summed E-state index contributed by atoms with van der Waals surface area (Å²) < 4.78 is 13.2. The van der Waals surface area contributed by atoms with Crippen molar-refractivity contribution in [3.63, 3.8) is 0 Å². The van der Waals surface area contributed by atoms with Gasteiger partial charge in [-0.2, -0.15) is 0 Å². The second-order valence-electron chi connectivity index (χ2n) is 6.53. The summed E-state index contributed by atoms with van der Waals surface area (Å²) in [5.41, 5.74) is 7.87. The first-order valence-electron chi connectivity index (χ1n) is 8.50. The number of benzene rings is 2. The number of nitrogens with two attached hydrogens (primary N) is 1. The number of carbonyl (C=O) groups excluding carboxylic acids is 1. The van der Waals surface area contributed by atoms with E-state index in [1.165, 1.54) is 12.1 Å². The Bertz CT molecular complexity index is 678. The highest BCUT2D eigenvalue weighted by Crippen LogP contribution is 2.27. The van der Waals surface area contributed by atoms with Crippen LogP contribution in [-0.2, 0) is 4.79 Å². The third-order valence-electron chi connectivity index (χ3n) is 4.71. The highest BCUT2D eigenvalue weighted by Gasteiger charge is 2.27. The van der Waals surface area contributed by atoms with Crippen molar-refractivity contribution in [3.05, 3.63) is 71.5 Å². The van der Waals surface area contributed by atoms with E-state index < -0.39 is 0 Å². The van der Waals surface area contributed by atoms with Gasteiger partial charge >= 0.3 is 0 Å². The molecule has 0 aliphatic heterocycles. The number of hydrogen-bond acceptors (Lipinski definition) is 2. The number of nitrogens with one attached hydrogen (secondary N) is 1. The molecule has 134 valence electrons. The third-order valence-corrected chi connectivity index (χ3v) is 4.71. The maximum atomic E-state index is 13.2. The van der Waals surface area contributed by atoms with Crippen molar-refractivity contribution in [1.82, 2.24) is 5.32 Å². The van der Waals surface area contributed by atoms with Gasteiger partial charge in [-0.3, -0.25) is 4.79 Å². The molecule has 1 aliphatic carbocycles. The van der Waals surface area contributed by atoms with Crippen LogP contribution in [0.2, 0.25) is 0 Å². The maximum absolute atomic E-state index is 13.2. The quantitative estimate of drug-likeness (QED) is 0.864. The molecule has 0 spiro atoms. The van der Waals surface area contributed by atoms with Gasteiger partial charge in [-0.05, 0) is 42.5 Å². The van der Waals surface area contributed by atoms with Crippen molar-refractivity contribution in [2.75, 3.05) is 0 Å². The molecule has 0 heterocycles. The molecule has 0 bridgehead atoms. The minimum absolute atomic E-state index is 0. The van der Waals surface area contributed by atoms with Crippen LogP contribution in [-0.4, -0.2) is 11.9 Å². The number of rotatable bonds is 4. The zero-order valence-electron chi connectivity index (χ0n) is 14.0. The van der Waals surface area contributed by atoms with Gasteiger partial charge in [0.25, 0.3) is 0 Å². The van der Waals surface area contributed by atoms with Crippen LogP contribution < -0.4 is 11.1 Å². The lowest BCUT2D eigenvalue weighted by Crippen LogP contribution is -2.39. The molecule has 3 rings (SSSR count). The Kier molecular flexibility index (Phi) is 6.97. The zero-order valence-corrected chi connectivity index (χ0v) is 14.8. The molecule has 2 aromatic rings. The Morgan fingerprint density at radius 2 is 1.68 bits per heavy atom. The van der Waals surface area contributed by atoms with Gasteiger partial charge in [0.1, 0.15) is 5.82 Å². The fourth-order valence-corrected chi connectivity index (χ4v) is 3.39. The van der Waals surface area contributed by atoms with E-state index in [2.05, 4.69) is 5.32 Å². The Morgan fingerprint density at radius 3 is 2.32 bits per heavy atom. The van der Waals surface area contributed by atoms with Gasteiger partial charge in [0, 0.05) is 12.0 Å². The lowest BCUT2D eigenvalue weighted by Gasteiger charge is -2.28. The van der Waals surface area contributed by atoms with E-state index in [9.17, 15) is 9.18 Å². The largest absolute Gasteiger partial charge is 0.345 e. The summed E-state index contributed by atoms with van der Waals surface area (Å²) >= 11 is 0. The summed E-state index contributed by atoms with van der Waals surface area (Å²) in [4.78, 5) is 12.7. The van der Waals surface area contributed by atoms with E-state index in [1.54, 1.807) is 12.1 Å². The van der Waals surface area contributed by atoms with Gasteiger partial charge in [0.2, 0.25) is 5.91 Å². The maximum Gasteiger partial charge on any atom is 0.223 e. The van der Waals surface area contributed by atoms with Gasteiger partial charge in [-0.1, -0.05) is 48.9 Å². The van der Waals surface area contributed by atoms with Gasteiger partial charge in [-0.15, -0.1) is 12.4 Å². The Balaban J connectivity index is 0.00000225. The zero-order chi connectivity index (χ0) is 16.9. The van der Waals surface area contributed by atoms with Crippen molar-refractivity contribution < 1.29 is 9.18 Å².